The molecule has 9 heteroatoms. The Bertz CT molecular complexity index is 1030. The Labute approximate surface area is 202 Å². The molecule has 0 unspecified atom stereocenters. The van der Waals surface area contributed by atoms with Crippen molar-refractivity contribution < 1.29 is 18.0 Å². The van der Waals surface area contributed by atoms with E-state index in [1.165, 1.54) is 11.6 Å². The summed E-state index contributed by atoms with van der Waals surface area (Å²) in [5.74, 6) is 0.135. The highest BCUT2D eigenvalue weighted by molar-refractivity contribution is 7.07. The van der Waals surface area contributed by atoms with E-state index >= 15 is 0 Å². The minimum Gasteiger partial charge on any atom is -0.370 e. The third-order valence-electron chi connectivity index (χ3n) is 7.07. The van der Waals surface area contributed by atoms with E-state index in [-0.39, 0.29) is 23.3 Å². The van der Waals surface area contributed by atoms with Crippen molar-refractivity contribution in [2.75, 3.05) is 37.6 Å². The molecule has 0 bridgehead atoms. The van der Waals surface area contributed by atoms with Crippen LogP contribution in [0.15, 0.2) is 35.0 Å². The van der Waals surface area contributed by atoms with E-state index in [0.717, 1.165) is 38.5 Å². The number of amides is 1. The van der Waals surface area contributed by atoms with Crippen LogP contribution in [0.4, 0.5) is 18.9 Å². The number of thiophene rings is 1. The number of carbonyl (C=O) groups excluding carboxylic acids is 1. The fourth-order valence-corrected chi connectivity index (χ4v) is 6.00. The first-order valence-corrected chi connectivity index (χ1v) is 12.6. The first-order valence-electron chi connectivity index (χ1n) is 11.7. The highest BCUT2D eigenvalue weighted by Crippen LogP contribution is 2.40. The average molecular weight is 491 g/mol. The predicted molar refractivity (Wildman–Crippen MR) is 126 cm³/mol. The van der Waals surface area contributed by atoms with Crippen LogP contribution in [0.1, 0.15) is 36.5 Å². The van der Waals surface area contributed by atoms with Crippen molar-refractivity contribution in [1.29, 1.82) is 5.26 Å². The molecule has 0 spiro atoms. The molecular weight excluding hydrogens is 461 g/mol. The van der Waals surface area contributed by atoms with Crippen LogP contribution in [0, 0.1) is 29.1 Å². The number of rotatable bonds is 6. The number of benzene rings is 1. The Morgan fingerprint density at radius 3 is 2.62 bits per heavy atom. The summed E-state index contributed by atoms with van der Waals surface area (Å²) in [4.78, 5) is 17.2. The lowest BCUT2D eigenvalue weighted by Gasteiger charge is -2.36. The van der Waals surface area contributed by atoms with Crippen molar-refractivity contribution in [2.24, 2.45) is 17.8 Å². The van der Waals surface area contributed by atoms with Crippen molar-refractivity contribution in [1.82, 2.24) is 10.2 Å². The van der Waals surface area contributed by atoms with Gasteiger partial charge in [-0.15, -0.1) is 0 Å². The van der Waals surface area contributed by atoms with Gasteiger partial charge in [0, 0.05) is 31.9 Å². The number of nitriles is 1. The molecule has 1 aromatic heterocycles. The zero-order valence-corrected chi connectivity index (χ0v) is 20.0. The van der Waals surface area contributed by atoms with E-state index in [1.807, 2.05) is 11.8 Å². The van der Waals surface area contributed by atoms with Crippen molar-refractivity contribution in [3.8, 4) is 6.07 Å². The molecule has 0 radical (unpaired) electrons. The van der Waals surface area contributed by atoms with Crippen LogP contribution in [0.25, 0.3) is 0 Å². The molecule has 2 aliphatic rings. The fourth-order valence-electron chi connectivity index (χ4n) is 5.34. The van der Waals surface area contributed by atoms with Gasteiger partial charge in [0.05, 0.1) is 23.1 Å². The molecule has 2 saturated heterocycles. The summed E-state index contributed by atoms with van der Waals surface area (Å²) in [6.07, 6.45) is -2.66. The number of alkyl halides is 3. The SMILES string of the molecule is CCNC(=O)[C@@H]1CN(c2ccc(C#N)c(C(F)(F)F)c2)C[C@H]1C1CCN(Cc2ccsc2)CC1. The number of likely N-dealkylation sites (tertiary alicyclic amines) is 1. The fraction of sp³-hybridized carbons (Fsp3) is 0.520. The standard InChI is InChI=1S/C25H29F3N4OS/c1-2-30-24(33)22-15-32(20-4-3-19(12-29)23(11-20)25(26,27)28)14-21(22)18-5-8-31(9-6-18)13-17-7-10-34-16-17/h3-4,7,10-11,16,18,21-22H,2,5-6,8-9,13-15H2,1H3,(H,30,33)/t21-,22+/m0/s1. The summed E-state index contributed by atoms with van der Waals surface area (Å²) in [7, 11) is 0. The summed E-state index contributed by atoms with van der Waals surface area (Å²) < 4.78 is 40.5. The topological polar surface area (TPSA) is 59.4 Å². The van der Waals surface area contributed by atoms with Crippen molar-refractivity contribution in [3.05, 3.63) is 51.7 Å². The maximum atomic E-state index is 13.5. The molecule has 182 valence electrons. The molecule has 1 aromatic carbocycles. The van der Waals surface area contributed by atoms with Crippen LogP contribution in [0.5, 0.6) is 0 Å². The third kappa shape index (κ3) is 5.39. The smallest absolute Gasteiger partial charge is 0.370 e. The monoisotopic (exact) mass is 490 g/mol. The van der Waals surface area contributed by atoms with Gasteiger partial charge in [-0.3, -0.25) is 9.69 Å². The molecule has 0 saturated carbocycles. The van der Waals surface area contributed by atoms with Gasteiger partial charge in [0.25, 0.3) is 0 Å². The van der Waals surface area contributed by atoms with Crippen molar-refractivity contribution in [3.63, 3.8) is 0 Å². The zero-order chi connectivity index (χ0) is 24.3. The van der Waals surface area contributed by atoms with Crippen molar-refractivity contribution in [2.45, 2.75) is 32.5 Å². The summed E-state index contributed by atoms with van der Waals surface area (Å²) in [5.41, 5.74) is 0.424. The number of hydrogen-bond donors (Lipinski definition) is 1. The Morgan fingerprint density at radius 2 is 2.00 bits per heavy atom. The summed E-state index contributed by atoms with van der Waals surface area (Å²) >= 11 is 1.70. The lowest BCUT2D eigenvalue weighted by molar-refractivity contribution is -0.137. The summed E-state index contributed by atoms with van der Waals surface area (Å²) in [5, 5.41) is 16.3. The molecular formula is C25H29F3N4OS. The second-order valence-corrected chi connectivity index (χ2v) is 9.93. The minimum atomic E-state index is -4.60. The van der Waals surface area contributed by atoms with Gasteiger partial charge in [-0.1, -0.05) is 0 Å². The second-order valence-electron chi connectivity index (χ2n) is 9.15. The third-order valence-corrected chi connectivity index (χ3v) is 7.80. The van der Waals surface area contributed by atoms with E-state index in [2.05, 4.69) is 27.0 Å². The number of piperidine rings is 1. The van der Waals surface area contributed by atoms with Crippen LogP contribution in [-0.4, -0.2) is 43.5 Å². The van der Waals surface area contributed by atoms with E-state index < -0.39 is 11.7 Å². The number of halogens is 3. The van der Waals surface area contributed by atoms with E-state index in [0.29, 0.717) is 31.2 Å². The van der Waals surface area contributed by atoms with Gasteiger partial charge >= 0.3 is 6.18 Å². The van der Waals surface area contributed by atoms with Crippen LogP contribution < -0.4 is 10.2 Å². The van der Waals surface area contributed by atoms with E-state index in [1.54, 1.807) is 23.5 Å². The molecule has 34 heavy (non-hydrogen) atoms. The maximum Gasteiger partial charge on any atom is 0.417 e. The quantitative estimate of drug-likeness (QED) is 0.636. The molecule has 1 N–H and O–H groups in total. The molecule has 5 nitrogen and oxygen atoms in total. The van der Waals surface area contributed by atoms with Crippen molar-refractivity contribution >= 4 is 22.9 Å². The summed E-state index contributed by atoms with van der Waals surface area (Å²) in [6, 6.07) is 7.63. The van der Waals surface area contributed by atoms with Crippen LogP contribution in [-0.2, 0) is 17.5 Å². The molecule has 4 rings (SSSR count). The van der Waals surface area contributed by atoms with E-state index in [9.17, 15) is 18.0 Å². The second kappa shape index (κ2) is 10.4. The van der Waals surface area contributed by atoms with Gasteiger partial charge in [0.15, 0.2) is 0 Å². The zero-order valence-electron chi connectivity index (χ0n) is 19.1. The maximum absolute atomic E-state index is 13.5. The predicted octanol–water partition coefficient (Wildman–Crippen LogP) is 4.74. The van der Waals surface area contributed by atoms with Crippen LogP contribution >= 0.6 is 11.3 Å². The van der Waals surface area contributed by atoms with Gasteiger partial charge in [0.1, 0.15) is 0 Å². The number of nitrogens with zero attached hydrogens (tertiary/aromatic N) is 3. The van der Waals surface area contributed by atoms with Gasteiger partial charge in [0.2, 0.25) is 5.91 Å². The average Bonchev–Trinajstić information content (AvgIpc) is 3.49. The number of carbonyl (C=O) groups is 1. The Morgan fingerprint density at radius 1 is 1.24 bits per heavy atom. The molecule has 2 aliphatic heterocycles. The van der Waals surface area contributed by atoms with Gasteiger partial charge in [-0.05, 0) is 85.3 Å². The first-order chi connectivity index (χ1) is 16.3. The number of hydrogen-bond acceptors (Lipinski definition) is 5. The molecule has 1 amide bonds. The normalized spacial score (nSPS) is 22.0. The number of nitrogens with one attached hydrogen (secondary N) is 1. The lowest BCUT2D eigenvalue weighted by atomic mass is 9.78. The molecule has 3 heterocycles. The van der Waals surface area contributed by atoms with E-state index in [4.69, 9.17) is 5.26 Å². The Hall–Kier alpha value is -2.57. The molecule has 0 aliphatic carbocycles. The van der Waals surface area contributed by atoms with Crippen LogP contribution in [0.2, 0.25) is 0 Å². The highest BCUT2D eigenvalue weighted by Gasteiger charge is 2.43. The highest BCUT2D eigenvalue weighted by atomic mass is 32.1. The lowest BCUT2D eigenvalue weighted by Crippen LogP contribution is -2.41. The molecule has 2 fully saturated rings. The largest absolute Gasteiger partial charge is 0.417 e. The first kappa shape index (κ1) is 24.6. The summed E-state index contributed by atoms with van der Waals surface area (Å²) in [6.45, 7) is 6.16. The van der Waals surface area contributed by atoms with Gasteiger partial charge in [-0.25, -0.2) is 0 Å². The van der Waals surface area contributed by atoms with Gasteiger partial charge in [-0.2, -0.15) is 29.8 Å². The Kier molecular flexibility index (Phi) is 7.48. The minimum absolute atomic E-state index is 0.0274. The molecule has 2 atom stereocenters. The number of anilines is 1. The molecule has 2 aromatic rings. The van der Waals surface area contributed by atoms with Crippen LogP contribution in [0.3, 0.4) is 0 Å². The van der Waals surface area contributed by atoms with Gasteiger partial charge < -0.3 is 10.2 Å². The Balaban J connectivity index is 1.50.